The second kappa shape index (κ2) is 7.39. The van der Waals surface area contributed by atoms with Crippen LogP contribution in [0.5, 0.6) is 0 Å². The topological polar surface area (TPSA) is 159 Å². The van der Waals surface area contributed by atoms with Crippen LogP contribution in [0.1, 0.15) is 0 Å². The number of nitrogen functional groups attached to an aromatic ring is 1. The maximum absolute atomic E-state index is 11.9. The highest BCUT2D eigenvalue weighted by atomic mass is 32.2. The van der Waals surface area contributed by atoms with Crippen LogP contribution in [0.3, 0.4) is 0 Å². The molecule has 0 aliphatic rings. The number of hydrogen-bond donors (Lipinski definition) is 3. The first-order chi connectivity index (χ1) is 14.6. The molecule has 0 bridgehead atoms. The van der Waals surface area contributed by atoms with E-state index in [4.69, 9.17) is 5.73 Å². The SMILES string of the molecule is Nc1ccc(N=Nc2cc(S(=O)(=O)O)c3cccc(S(=O)(=O)O)c3c2)c2ccccc12. The molecule has 0 aromatic heterocycles. The number of benzene rings is 4. The van der Waals surface area contributed by atoms with Crippen molar-refractivity contribution < 1.29 is 25.9 Å². The highest BCUT2D eigenvalue weighted by Gasteiger charge is 2.21. The summed E-state index contributed by atoms with van der Waals surface area (Å²) in [7, 11) is -9.40. The van der Waals surface area contributed by atoms with Gasteiger partial charge in [0.25, 0.3) is 20.2 Å². The molecular formula is C20H15N3O6S2. The standard InChI is InChI=1S/C20H15N3O6S2/c21-17-8-9-18(14-5-2-1-4-13(14)17)23-22-12-10-16-15(20(11-12)31(27,28)29)6-3-7-19(16)30(24,25)26/h1-11H,21H2,(H,24,25,26)(H,27,28,29). The first kappa shape index (κ1) is 20.9. The molecule has 0 atom stereocenters. The van der Waals surface area contributed by atoms with E-state index in [1.807, 2.05) is 12.1 Å². The molecule has 0 saturated carbocycles. The molecule has 0 spiro atoms. The van der Waals surface area contributed by atoms with E-state index in [2.05, 4.69) is 10.2 Å². The third-order valence-electron chi connectivity index (χ3n) is 4.67. The van der Waals surface area contributed by atoms with Gasteiger partial charge >= 0.3 is 0 Å². The zero-order valence-corrected chi connectivity index (χ0v) is 17.3. The minimum atomic E-state index is -4.73. The zero-order valence-electron chi connectivity index (χ0n) is 15.7. The molecule has 0 fully saturated rings. The summed E-state index contributed by atoms with van der Waals surface area (Å²) in [4.78, 5) is -1.09. The number of azo groups is 1. The number of fused-ring (bicyclic) bond motifs is 2. The average molecular weight is 457 g/mol. The van der Waals surface area contributed by atoms with Crippen molar-refractivity contribution in [2.75, 3.05) is 5.73 Å². The van der Waals surface area contributed by atoms with E-state index in [0.717, 1.165) is 17.5 Å². The molecular weight excluding hydrogens is 442 g/mol. The summed E-state index contributed by atoms with van der Waals surface area (Å²) in [5.41, 5.74) is 6.92. The van der Waals surface area contributed by atoms with E-state index in [1.54, 1.807) is 24.3 Å². The van der Waals surface area contributed by atoms with Crippen LogP contribution in [0, 0.1) is 0 Å². The molecule has 4 aromatic rings. The van der Waals surface area contributed by atoms with Crippen LogP contribution in [-0.2, 0) is 20.2 Å². The molecule has 0 unspecified atom stereocenters. The number of rotatable bonds is 4. The van der Waals surface area contributed by atoms with Gasteiger partial charge in [-0.25, -0.2) is 0 Å². The molecule has 9 nitrogen and oxygen atoms in total. The van der Waals surface area contributed by atoms with Crippen LogP contribution < -0.4 is 5.73 Å². The lowest BCUT2D eigenvalue weighted by Gasteiger charge is -2.09. The molecule has 0 amide bonds. The Labute approximate surface area is 177 Å². The molecule has 0 saturated heterocycles. The first-order valence-electron chi connectivity index (χ1n) is 8.76. The van der Waals surface area contributed by atoms with Crippen LogP contribution in [-0.4, -0.2) is 25.9 Å². The molecule has 4 rings (SSSR count). The smallest absolute Gasteiger partial charge is 0.295 e. The van der Waals surface area contributed by atoms with Gasteiger partial charge in [-0.2, -0.15) is 21.9 Å². The van der Waals surface area contributed by atoms with E-state index >= 15 is 0 Å². The van der Waals surface area contributed by atoms with Gasteiger partial charge in [0, 0.05) is 27.2 Å². The molecule has 158 valence electrons. The normalized spacial score (nSPS) is 12.7. The third kappa shape index (κ3) is 3.99. The predicted molar refractivity (Wildman–Crippen MR) is 116 cm³/mol. The summed E-state index contributed by atoms with van der Waals surface area (Å²) < 4.78 is 66.5. The summed E-state index contributed by atoms with van der Waals surface area (Å²) in [5, 5.41) is 9.43. The Morgan fingerprint density at radius 2 is 1.29 bits per heavy atom. The van der Waals surface area contributed by atoms with Crippen molar-refractivity contribution in [1.82, 2.24) is 0 Å². The van der Waals surface area contributed by atoms with Gasteiger partial charge in [0.05, 0.1) is 11.4 Å². The second-order valence-electron chi connectivity index (χ2n) is 6.66. The number of nitrogens with two attached hydrogens (primary N) is 1. The summed E-state index contributed by atoms with van der Waals surface area (Å²) in [6.45, 7) is 0. The molecule has 0 heterocycles. The number of hydrogen-bond acceptors (Lipinski definition) is 7. The van der Waals surface area contributed by atoms with E-state index < -0.39 is 30.0 Å². The van der Waals surface area contributed by atoms with Gasteiger partial charge in [-0.05, 0) is 30.3 Å². The minimum Gasteiger partial charge on any atom is -0.398 e. The Kier molecular flexibility index (Phi) is 4.98. The maximum Gasteiger partial charge on any atom is 0.295 e. The monoisotopic (exact) mass is 457 g/mol. The van der Waals surface area contributed by atoms with Crippen LogP contribution in [0.4, 0.5) is 17.1 Å². The van der Waals surface area contributed by atoms with E-state index in [-0.39, 0.29) is 16.5 Å². The van der Waals surface area contributed by atoms with Gasteiger partial charge in [-0.1, -0.05) is 36.4 Å². The molecule has 11 heteroatoms. The lowest BCUT2D eigenvalue weighted by Crippen LogP contribution is -2.03. The summed E-state index contributed by atoms with van der Waals surface area (Å²) in [6, 6.07) is 16.5. The molecule has 4 N–H and O–H groups in total. The fourth-order valence-corrected chi connectivity index (χ4v) is 4.73. The van der Waals surface area contributed by atoms with Gasteiger partial charge in [0.2, 0.25) is 0 Å². The Bertz CT molecular complexity index is 1600. The van der Waals surface area contributed by atoms with Crippen molar-refractivity contribution in [2.24, 2.45) is 10.2 Å². The number of nitrogens with zero attached hydrogens (tertiary/aromatic N) is 2. The highest BCUT2D eigenvalue weighted by molar-refractivity contribution is 7.86. The van der Waals surface area contributed by atoms with Crippen molar-refractivity contribution in [3.8, 4) is 0 Å². The zero-order chi connectivity index (χ0) is 22.4. The van der Waals surface area contributed by atoms with Crippen molar-refractivity contribution in [3.63, 3.8) is 0 Å². The second-order valence-corrected chi connectivity index (χ2v) is 9.44. The van der Waals surface area contributed by atoms with Crippen molar-refractivity contribution in [2.45, 2.75) is 9.79 Å². The average Bonchev–Trinajstić information content (AvgIpc) is 2.71. The molecule has 0 radical (unpaired) electrons. The predicted octanol–water partition coefficient (Wildman–Crippen LogP) is 4.48. The fraction of sp³-hybridized carbons (Fsp3) is 0. The molecule has 31 heavy (non-hydrogen) atoms. The molecule has 4 aromatic carbocycles. The van der Waals surface area contributed by atoms with Crippen molar-refractivity contribution in [3.05, 3.63) is 66.7 Å². The van der Waals surface area contributed by atoms with Gasteiger partial charge in [0.15, 0.2) is 0 Å². The van der Waals surface area contributed by atoms with Crippen molar-refractivity contribution >= 4 is 58.8 Å². The molecule has 0 aliphatic carbocycles. The van der Waals surface area contributed by atoms with E-state index in [1.165, 1.54) is 18.2 Å². The Balaban J connectivity index is 1.96. The fourth-order valence-electron chi connectivity index (χ4n) is 3.31. The Morgan fingerprint density at radius 1 is 0.645 bits per heavy atom. The van der Waals surface area contributed by atoms with Gasteiger partial charge in [-0.3, -0.25) is 9.11 Å². The highest BCUT2D eigenvalue weighted by Crippen LogP contribution is 2.35. The lowest BCUT2D eigenvalue weighted by molar-refractivity contribution is 0.481. The van der Waals surface area contributed by atoms with Crippen LogP contribution in [0.2, 0.25) is 0 Å². The summed E-state index contributed by atoms with van der Waals surface area (Å²) >= 11 is 0. The maximum atomic E-state index is 11.9. The van der Waals surface area contributed by atoms with Gasteiger partial charge in [0.1, 0.15) is 9.79 Å². The summed E-state index contributed by atoms with van der Waals surface area (Å²) in [5.74, 6) is 0. The van der Waals surface area contributed by atoms with Gasteiger partial charge in [-0.15, -0.1) is 5.11 Å². The van der Waals surface area contributed by atoms with Crippen LogP contribution in [0.15, 0.2) is 86.7 Å². The summed E-state index contributed by atoms with van der Waals surface area (Å²) in [6.07, 6.45) is 0. The van der Waals surface area contributed by atoms with Crippen LogP contribution in [0.25, 0.3) is 21.5 Å². The lowest BCUT2D eigenvalue weighted by atomic mass is 10.1. The Morgan fingerprint density at radius 3 is 1.97 bits per heavy atom. The van der Waals surface area contributed by atoms with Gasteiger partial charge < -0.3 is 5.73 Å². The van der Waals surface area contributed by atoms with Crippen molar-refractivity contribution in [1.29, 1.82) is 0 Å². The molecule has 0 aliphatic heterocycles. The van der Waals surface area contributed by atoms with E-state index in [9.17, 15) is 25.9 Å². The van der Waals surface area contributed by atoms with E-state index in [0.29, 0.717) is 16.8 Å². The largest absolute Gasteiger partial charge is 0.398 e. The first-order valence-corrected chi connectivity index (χ1v) is 11.6. The number of anilines is 1. The Hall–Kier alpha value is -3.38. The quantitative estimate of drug-likeness (QED) is 0.231. The third-order valence-corrected chi connectivity index (χ3v) is 6.47. The minimum absolute atomic E-state index is 0.0443. The van der Waals surface area contributed by atoms with Crippen LogP contribution >= 0.6 is 0 Å².